The van der Waals surface area contributed by atoms with Crippen molar-refractivity contribution in [3.63, 3.8) is 0 Å². The molecular formula is C19H26N6O2. The van der Waals surface area contributed by atoms with E-state index in [-0.39, 0.29) is 23.9 Å². The Balaban J connectivity index is 1.74. The number of hydrogen-bond donors (Lipinski definition) is 4. The van der Waals surface area contributed by atoms with Gasteiger partial charge in [-0.3, -0.25) is 15.4 Å². The molecule has 3 amide bonds. The molecule has 1 aromatic carbocycles. The first-order valence-corrected chi connectivity index (χ1v) is 9.14. The van der Waals surface area contributed by atoms with Crippen LogP contribution in [0.3, 0.4) is 0 Å². The van der Waals surface area contributed by atoms with Crippen LogP contribution in [0.2, 0.25) is 0 Å². The molecule has 3 unspecified atom stereocenters. The highest BCUT2D eigenvalue weighted by atomic mass is 16.2. The lowest BCUT2D eigenvalue weighted by Gasteiger charge is -2.35. The van der Waals surface area contributed by atoms with E-state index >= 15 is 0 Å². The van der Waals surface area contributed by atoms with Crippen molar-refractivity contribution in [3.05, 3.63) is 41.6 Å². The predicted octanol–water partition coefficient (Wildman–Crippen LogP) is 2.73. The molecule has 1 fully saturated rings. The molecule has 0 radical (unpaired) electrons. The molecule has 4 N–H and O–H groups in total. The van der Waals surface area contributed by atoms with Crippen LogP contribution in [0.5, 0.6) is 0 Å². The first kappa shape index (κ1) is 18.9. The second-order valence-electron chi connectivity index (χ2n) is 6.95. The third kappa shape index (κ3) is 4.28. The van der Waals surface area contributed by atoms with Gasteiger partial charge in [0.25, 0.3) is 0 Å². The van der Waals surface area contributed by atoms with Gasteiger partial charge in [-0.25, -0.2) is 9.48 Å². The number of aromatic nitrogens is 2. The number of amides is 3. The lowest BCUT2D eigenvalue weighted by molar-refractivity contribution is -0.130. The maximum atomic E-state index is 12.4. The van der Waals surface area contributed by atoms with Crippen LogP contribution in [0.4, 0.5) is 16.3 Å². The van der Waals surface area contributed by atoms with Gasteiger partial charge in [0, 0.05) is 17.8 Å². The highest BCUT2D eigenvalue weighted by Gasteiger charge is 2.34. The van der Waals surface area contributed by atoms with Crippen LogP contribution in [0.25, 0.3) is 0 Å². The lowest BCUT2D eigenvalue weighted by atomic mass is 9.95. The molecule has 0 bridgehead atoms. The Morgan fingerprint density at radius 1 is 1.26 bits per heavy atom. The number of aryl methyl sites for hydroxylation is 2. The molecule has 1 aromatic heterocycles. The molecule has 3 atom stereocenters. The fourth-order valence-electron chi connectivity index (χ4n) is 3.35. The first-order valence-electron chi connectivity index (χ1n) is 9.14. The number of nitrogens with one attached hydrogen (secondary N) is 4. The molecule has 0 spiro atoms. The second-order valence-corrected chi connectivity index (χ2v) is 6.95. The van der Waals surface area contributed by atoms with Gasteiger partial charge in [-0.1, -0.05) is 19.1 Å². The minimum atomic E-state index is -0.515. The summed E-state index contributed by atoms with van der Waals surface area (Å²) >= 11 is 0. The van der Waals surface area contributed by atoms with E-state index in [4.69, 9.17) is 0 Å². The Morgan fingerprint density at radius 3 is 2.70 bits per heavy atom. The fourth-order valence-corrected chi connectivity index (χ4v) is 3.35. The van der Waals surface area contributed by atoms with Crippen molar-refractivity contribution in [3.8, 4) is 0 Å². The van der Waals surface area contributed by atoms with E-state index in [0.29, 0.717) is 11.5 Å². The van der Waals surface area contributed by atoms with Gasteiger partial charge in [0.15, 0.2) is 6.29 Å². The molecule has 144 valence electrons. The van der Waals surface area contributed by atoms with E-state index in [9.17, 15) is 9.59 Å². The van der Waals surface area contributed by atoms with Gasteiger partial charge in [-0.2, -0.15) is 5.10 Å². The van der Waals surface area contributed by atoms with Gasteiger partial charge in [0.2, 0.25) is 5.91 Å². The number of carbonyl (C=O) groups excluding carboxylic acids is 2. The number of urea groups is 1. The number of carbonyl (C=O) groups is 2. The summed E-state index contributed by atoms with van der Waals surface area (Å²) < 4.78 is 1.59. The molecule has 3 rings (SSSR count). The maximum Gasteiger partial charge on any atom is 0.324 e. The average molecular weight is 370 g/mol. The predicted molar refractivity (Wildman–Crippen MR) is 104 cm³/mol. The van der Waals surface area contributed by atoms with Crippen LogP contribution in [0.1, 0.15) is 37.8 Å². The number of anilines is 2. The first-order chi connectivity index (χ1) is 12.9. The Hall–Kier alpha value is -2.87. The fraction of sp³-hybridized carbons (Fsp3) is 0.421. The van der Waals surface area contributed by atoms with Crippen LogP contribution < -0.4 is 21.3 Å². The van der Waals surface area contributed by atoms with Crippen molar-refractivity contribution in [2.45, 2.75) is 46.4 Å². The minimum Gasteiger partial charge on any atom is -0.322 e. The lowest BCUT2D eigenvalue weighted by Crippen LogP contribution is -2.57. The van der Waals surface area contributed by atoms with Crippen molar-refractivity contribution < 1.29 is 9.59 Å². The molecule has 2 heterocycles. The number of rotatable bonds is 4. The molecule has 27 heavy (non-hydrogen) atoms. The molecule has 0 aliphatic carbocycles. The number of hydrogen-bond acceptors (Lipinski definition) is 4. The van der Waals surface area contributed by atoms with Crippen molar-refractivity contribution in [2.24, 2.45) is 5.92 Å². The summed E-state index contributed by atoms with van der Waals surface area (Å²) in [7, 11) is 0. The van der Waals surface area contributed by atoms with Crippen molar-refractivity contribution in [1.82, 2.24) is 20.4 Å². The number of nitrogens with zero attached hydrogens (tertiary/aromatic N) is 2. The quantitative estimate of drug-likeness (QED) is 0.665. The summed E-state index contributed by atoms with van der Waals surface area (Å²) in [5.41, 5.74) is 2.50. The van der Waals surface area contributed by atoms with E-state index in [2.05, 4.69) is 26.4 Å². The zero-order valence-electron chi connectivity index (χ0n) is 16.0. The average Bonchev–Trinajstić information content (AvgIpc) is 2.94. The summed E-state index contributed by atoms with van der Waals surface area (Å²) in [5.74, 6) is 0.397. The van der Waals surface area contributed by atoms with Gasteiger partial charge in [0.05, 0.1) is 11.6 Å². The van der Waals surface area contributed by atoms with Crippen LogP contribution in [-0.2, 0) is 4.79 Å². The monoisotopic (exact) mass is 370 g/mol. The minimum absolute atomic E-state index is 0.00669. The molecule has 8 heteroatoms. The van der Waals surface area contributed by atoms with Gasteiger partial charge in [0.1, 0.15) is 5.82 Å². The SMILES string of the molecule is CCC1C(=O)NC(n2nc(C)cc2NC(=O)Nc2cccc(C)c2)NC1C. The van der Waals surface area contributed by atoms with E-state index in [1.54, 1.807) is 10.7 Å². The molecule has 1 saturated heterocycles. The zero-order chi connectivity index (χ0) is 19.6. The van der Waals surface area contributed by atoms with E-state index < -0.39 is 6.29 Å². The Morgan fingerprint density at radius 2 is 2.04 bits per heavy atom. The summed E-state index contributed by atoms with van der Waals surface area (Å²) in [4.78, 5) is 24.7. The van der Waals surface area contributed by atoms with Crippen LogP contribution in [0.15, 0.2) is 30.3 Å². The molecule has 0 saturated carbocycles. The number of benzene rings is 1. The standard InChI is InChI=1S/C19H26N6O2/c1-5-15-13(4)20-18(23-17(15)26)25-16(10-12(3)24-25)22-19(27)21-14-8-6-7-11(2)9-14/h6-10,13,15,18,20H,5H2,1-4H3,(H,23,26)(H2,21,22,27). The maximum absolute atomic E-state index is 12.4. The molecule has 2 aromatic rings. The molecule has 1 aliphatic heterocycles. The molecule has 1 aliphatic rings. The third-order valence-electron chi connectivity index (χ3n) is 4.70. The zero-order valence-corrected chi connectivity index (χ0v) is 16.0. The Bertz CT molecular complexity index is 846. The highest BCUT2D eigenvalue weighted by Crippen LogP contribution is 2.21. The van der Waals surface area contributed by atoms with Crippen LogP contribution in [0, 0.1) is 19.8 Å². The van der Waals surface area contributed by atoms with E-state index in [1.807, 2.05) is 52.0 Å². The molecular weight excluding hydrogens is 344 g/mol. The highest BCUT2D eigenvalue weighted by molar-refractivity contribution is 5.99. The normalized spacial score (nSPS) is 22.2. The largest absolute Gasteiger partial charge is 0.324 e. The third-order valence-corrected chi connectivity index (χ3v) is 4.70. The summed E-state index contributed by atoms with van der Waals surface area (Å²) in [6.45, 7) is 7.77. The van der Waals surface area contributed by atoms with Crippen LogP contribution >= 0.6 is 0 Å². The molecule has 8 nitrogen and oxygen atoms in total. The van der Waals surface area contributed by atoms with Gasteiger partial charge in [-0.15, -0.1) is 0 Å². The van der Waals surface area contributed by atoms with Crippen molar-refractivity contribution >= 4 is 23.4 Å². The summed E-state index contributed by atoms with van der Waals surface area (Å²) in [5, 5.41) is 16.3. The van der Waals surface area contributed by atoms with E-state index in [0.717, 1.165) is 17.7 Å². The van der Waals surface area contributed by atoms with Crippen LogP contribution in [-0.4, -0.2) is 27.8 Å². The van der Waals surface area contributed by atoms with Gasteiger partial charge >= 0.3 is 6.03 Å². The van der Waals surface area contributed by atoms with Crippen molar-refractivity contribution in [1.29, 1.82) is 0 Å². The Kier molecular flexibility index (Phi) is 5.46. The summed E-state index contributed by atoms with van der Waals surface area (Å²) in [6, 6.07) is 8.95. The van der Waals surface area contributed by atoms with Gasteiger partial charge < -0.3 is 10.6 Å². The second kappa shape index (κ2) is 7.79. The van der Waals surface area contributed by atoms with Crippen molar-refractivity contribution in [2.75, 3.05) is 10.6 Å². The summed E-state index contributed by atoms with van der Waals surface area (Å²) in [6.07, 6.45) is 0.243. The topological polar surface area (TPSA) is 100 Å². The van der Waals surface area contributed by atoms with Gasteiger partial charge in [-0.05, 0) is 44.9 Å². The van der Waals surface area contributed by atoms with E-state index in [1.165, 1.54) is 0 Å². The Labute approximate surface area is 158 Å². The smallest absolute Gasteiger partial charge is 0.322 e.